The van der Waals surface area contributed by atoms with Crippen molar-refractivity contribution < 1.29 is 18.7 Å². The quantitative estimate of drug-likeness (QED) is 0.663. The van der Waals surface area contributed by atoms with E-state index < -0.39 is 0 Å². The highest BCUT2D eigenvalue weighted by molar-refractivity contribution is 6.02. The maximum absolute atomic E-state index is 12.3. The third kappa shape index (κ3) is 6.10. The minimum atomic E-state index is -0.314. The molecule has 1 aromatic heterocycles. The van der Waals surface area contributed by atoms with Gasteiger partial charge in [-0.25, -0.2) is 4.79 Å². The molecule has 2 heterocycles. The van der Waals surface area contributed by atoms with E-state index in [0.29, 0.717) is 24.7 Å². The van der Waals surface area contributed by atoms with Crippen LogP contribution in [-0.4, -0.2) is 31.2 Å². The van der Waals surface area contributed by atoms with Gasteiger partial charge in [0.1, 0.15) is 0 Å². The molecule has 0 radical (unpaired) electrons. The Balaban J connectivity index is 1.47. The minimum Gasteiger partial charge on any atom is -0.459 e. The first-order chi connectivity index (χ1) is 14.3. The predicted molar refractivity (Wildman–Crippen MR) is 115 cm³/mol. The molecule has 7 heteroatoms. The molecule has 0 saturated carbocycles. The van der Waals surface area contributed by atoms with Crippen LogP contribution in [0.3, 0.4) is 0 Å². The topological polar surface area (TPSA) is 92.6 Å². The number of rotatable bonds is 6. The molecule has 30 heavy (non-hydrogen) atoms. The second-order valence-electron chi connectivity index (χ2n) is 8.76. The monoisotopic (exact) mass is 413 g/mol. The van der Waals surface area contributed by atoms with Crippen LogP contribution >= 0.6 is 0 Å². The first-order valence-electron chi connectivity index (χ1n) is 10.4. The summed E-state index contributed by atoms with van der Waals surface area (Å²) in [6.07, 6.45) is 3.68. The molecule has 162 valence electrons. The number of ether oxygens (including phenoxy) is 1. The molecule has 1 saturated heterocycles. The summed E-state index contributed by atoms with van der Waals surface area (Å²) in [5.74, 6) is 0.244. The van der Waals surface area contributed by atoms with Crippen molar-refractivity contribution in [3.05, 3.63) is 54.0 Å². The summed E-state index contributed by atoms with van der Waals surface area (Å²) in [7, 11) is 0. The van der Waals surface area contributed by atoms with Crippen molar-refractivity contribution in [3.63, 3.8) is 0 Å². The number of urea groups is 1. The van der Waals surface area contributed by atoms with Crippen LogP contribution in [0.5, 0.6) is 0 Å². The number of carbonyl (C=O) groups excluding carboxylic acids is 2. The first-order valence-corrected chi connectivity index (χ1v) is 10.4. The number of hydrogen-bond acceptors (Lipinski definition) is 4. The van der Waals surface area contributed by atoms with Gasteiger partial charge in [-0.3, -0.25) is 4.79 Å². The molecule has 2 atom stereocenters. The fourth-order valence-electron chi connectivity index (χ4n) is 3.84. The molecule has 3 rings (SSSR count). The largest absolute Gasteiger partial charge is 0.459 e. The highest BCUT2D eigenvalue weighted by Crippen LogP contribution is 2.33. The van der Waals surface area contributed by atoms with Crippen molar-refractivity contribution in [1.29, 1.82) is 0 Å². The van der Waals surface area contributed by atoms with Crippen molar-refractivity contribution in [1.82, 2.24) is 10.6 Å². The number of nitrogens with one attached hydrogen (secondary N) is 3. The summed E-state index contributed by atoms with van der Waals surface area (Å²) in [6, 6.07) is 10.4. The number of carbonyl (C=O) groups is 2. The Kier molecular flexibility index (Phi) is 7.15. The molecule has 1 aliphatic rings. The second kappa shape index (κ2) is 9.80. The Morgan fingerprint density at radius 1 is 1.13 bits per heavy atom. The number of hydrogen-bond donors (Lipinski definition) is 3. The molecule has 1 fully saturated rings. The maximum atomic E-state index is 12.3. The van der Waals surface area contributed by atoms with E-state index in [2.05, 4.69) is 36.7 Å². The van der Waals surface area contributed by atoms with E-state index in [0.717, 1.165) is 25.0 Å². The van der Waals surface area contributed by atoms with Gasteiger partial charge in [0.2, 0.25) is 0 Å². The maximum Gasteiger partial charge on any atom is 0.315 e. The Labute approximate surface area is 177 Å². The SMILES string of the molecule is CC(C)(C)C1OCCCC1CNC(=O)NCc1cccc(NC(=O)c2ccco2)c1. The number of benzene rings is 1. The zero-order chi connectivity index (χ0) is 21.6. The fourth-order valence-corrected chi connectivity index (χ4v) is 3.84. The van der Waals surface area contributed by atoms with E-state index in [1.165, 1.54) is 6.26 Å². The van der Waals surface area contributed by atoms with Gasteiger partial charge in [-0.1, -0.05) is 32.9 Å². The average molecular weight is 414 g/mol. The Morgan fingerprint density at radius 2 is 1.97 bits per heavy atom. The van der Waals surface area contributed by atoms with Crippen LogP contribution in [0.2, 0.25) is 0 Å². The lowest BCUT2D eigenvalue weighted by Gasteiger charge is -2.40. The Bertz CT molecular complexity index is 842. The van der Waals surface area contributed by atoms with Crippen LogP contribution in [0.4, 0.5) is 10.5 Å². The smallest absolute Gasteiger partial charge is 0.315 e. The van der Waals surface area contributed by atoms with Crippen LogP contribution in [0.1, 0.15) is 49.7 Å². The third-order valence-electron chi connectivity index (χ3n) is 5.21. The van der Waals surface area contributed by atoms with Gasteiger partial charge in [-0.15, -0.1) is 0 Å². The van der Waals surface area contributed by atoms with Crippen molar-refractivity contribution in [2.75, 3.05) is 18.5 Å². The van der Waals surface area contributed by atoms with Gasteiger partial charge in [0.05, 0.1) is 12.4 Å². The average Bonchev–Trinajstić information content (AvgIpc) is 3.26. The van der Waals surface area contributed by atoms with E-state index in [9.17, 15) is 9.59 Å². The summed E-state index contributed by atoms with van der Waals surface area (Å²) in [6.45, 7) is 8.26. The summed E-state index contributed by atoms with van der Waals surface area (Å²) in [5, 5.41) is 8.64. The van der Waals surface area contributed by atoms with Gasteiger partial charge < -0.3 is 25.1 Å². The zero-order valence-corrected chi connectivity index (χ0v) is 17.9. The van der Waals surface area contributed by atoms with Crippen LogP contribution < -0.4 is 16.0 Å². The predicted octanol–water partition coefficient (Wildman–Crippen LogP) is 4.17. The van der Waals surface area contributed by atoms with Gasteiger partial charge >= 0.3 is 6.03 Å². The number of anilines is 1. The van der Waals surface area contributed by atoms with Crippen molar-refractivity contribution >= 4 is 17.6 Å². The van der Waals surface area contributed by atoms with Gasteiger partial charge in [0.15, 0.2) is 5.76 Å². The molecule has 2 unspecified atom stereocenters. The van der Waals surface area contributed by atoms with E-state index >= 15 is 0 Å². The minimum absolute atomic E-state index is 0.0454. The summed E-state index contributed by atoms with van der Waals surface area (Å²) in [5.41, 5.74) is 1.57. The summed E-state index contributed by atoms with van der Waals surface area (Å²) < 4.78 is 11.1. The Hall–Kier alpha value is -2.80. The molecule has 0 spiro atoms. The molecule has 2 aromatic rings. The van der Waals surface area contributed by atoms with Crippen molar-refractivity contribution in [2.24, 2.45) is 11.3 Å². The van der Waals surface area contributed by atoms with E-state index in [4.69, 9.17) is 9.15 Å². The van der Waals surface area contributed by atoms with Gasteiger partial charge in [-0.05, 0) is 48.1 Å². The third-order valence-corrected chi connectivity index (χ3v) is 5.21. The normalized spacial score (nSPS) is 19.2. The van der Waals surface area contributed by atoms with E-state index in [1.54, 1.807) is 18.2 Å². The van der Waals surface area contributed by atoms with Gasteiger partial charge in [0, 0.05) is 31.3 Å². The highest BCUT2D eigenvalue weighted by Gasteiger charge is 2.35. The first kappa shape index (κ1) is 21.9. The molecule has 1 aromatic carbocycles. The standard InChI is InChI=1S/C23H31N3O4/c1-23(2,3)20-17(8-5-12-30-20)15-25-22(28)24-14-16-7-4-9-18(13-16)26-21(27)19-10-6-11-29-19/h4,6-7,9-11,13,17,20H,5,8,12,14-15H2,1-3H3,(H,26,27)(H2,24,25,28). The number of amides is 3. The van der Waals surface area contributed by atoms with Crippen LogP contribution in [-0.2, 0) is 11.3 Å². The highest BCUT2D eigenvalue weighted by atomic mass is 16.5. The molecule has 0 aliphatic carbocycles. The number of furan rings is 1. The van der Waals surface area contributed by atoms with E-state index in [1.807, 2.05) is 18.2 Å². The van der Waals surface area contributed by atoms with Gasteiger partial charge in [-0.2, -0.15) is 0 Å². The summed E-state index contributed by atoms with van der Waals surface area (Å²) >= 11 is 0. The van der Waals surface area contributed by atoms with Crippen molar-refractivity contribution in [3.8, 4) is 0 Å². The summed E-state index contributed by atoms with van der Waals surface area (Å²) in [4.78, 5) is 24.4. The van der Waals surface area contributed by atoms with Crippen LogP contribution in [0, 0.1) is 11.3 Å². The molecular weight excluding hydrogens is 382 g/mol. The molecule has 0 bridgehead atoms. The molecular formula is C23H31N3O4. The fraction of sp³-hybridized carbons (Fsp3) is 0.478. The van der Waals surface area contributed by atoms with Crippen LogP contribution in [0.15, 0.2) is 47.1 Å². The lowest BCUT2D eigenvalue weighted by molar-refractivity contribution is -0.0837. The lowest BCUT2D eigenvalue weighted by atomic mass is 9.78. The second-order valence-corrected chi connectivity index (χ2v) is 8.76. The van der Waals surface area contributed by atoms with Gasteiger partial charge in [0.25, 0.3) is 5.91 Å². The lowest BCUT2D eigenvalue weighted by Crippen LogP contribution is -2.46. The molecule has 3 amide bonds. The molecule has 3 N–H and O–H groups in total. The Morgan fingerprint density at radius 3 is 2.70 bits per heavy atom. The van der Waals surface area contributed by atoms with Crippen molar-refractivity contribution in [2.45, 2.75) is 46.3 Å². The zero-order valence-electron chi connectivity index (χ0n) is 17.9. The van der Waals surface area contributed by atoms with E-state index in [-0.39, 0.29) is 29.2 Å². The molecule has 7 nitrogen and oxygen atoms in total. The molecule has 1 aliphatic heterocycles. The van der Waals surface area contributed by atoms with Crippen LogP contribution in [0.25, 0.3) is 0 Å².